The number of ether oxygens (including phenoxy) is 1. The van der Waals surface area contributed by atoms with Gasteiger partial charge in [0.15, 0.2) is 0 Å². The van der Waals surface area contributed by atoms with Crippen molar-refractivity contribution >= 4 is 21.8 Å². The Hall–Kier alpha value is -0.880. The van der Waals surface area contributed by atoms with Crippen LogP contribution in [0.5, 0.6) is 0 Å². The van der Waals surface area contributed by atoms with E-state index < -0.39 is 0 Å². The van der Waals surface area contributed by atoms with Crippen molar-refractivity contribution in [2.75, 3.05) is 25.1 Å². The first-order valence-corrected chi connectivity index (χ1v) is 6.29. The molecular weight excluding hydrogens is 274 g/mol. The molecule has 0 spiro atoms. The maximum atomic E-state index is 12.2. The molecule has 0 saturated carbocycles. The van der Waals surface area contributed by atoms with E-state index >= 15 is 0 Å². The van der Waals surface area contributed by atoms with E-state index in [0.29, 0.717) is 25.5 Å². The number of rotatable bonds is 2. The number of nitrogens with zero attached hydrogens (tertiary/aromatic N) is 3. The predicted octanol–water partition coefficient (Wildman–Crippen LogP) is 0.656. The van der Waals surface area contributed by atoms with Crippen LogP contribution in [-0.2, 0) is 11.8 Å². The van der Waals surface area contributed by atoms with Crippen molar-refractivity contribution in [1.82, 2.24) is 14.7 Å². The summed E-state index contributed by atoms with van der Waals surface area (Å²) >= 11 is 3.41. The molecule has 1 amide bonds. The number of amides is 1. The lowest BCUT2D eigenvalue weighted by Gasteiger charge is -2.34. The van der Waals surface area contributed by atoms with Crippen LogP contribution in [0.3, 0.4) is 0 Å². The fourth-order valence-electron chi connectivity index (χ4n) is 1.78. The average molecular weight is 288 g/mol. The highest BCUT2D eigenvalue weighted by molar-refractivity contribution is 9.09. The first kappa shape index (κ1) is 11.6. The molecule has 0 N–H and O–H groups in total. The van der Waals surface area contributed by atoms with Gasteiger partial charge < -0.3 is 9.64 Å². The van der Waals surface area contributed by atoms with Crippen molar-refractivity contribution in [3.8, 4) is 0 Å². The van der Waals surface area contributed by atoms with Gasteiger partial charge >= 0.3 is 0 Å². The van der Waals surface area contributed by atoms with Crippen LogP contribution in [0.1, 0.15) is 10.5 Å². The van der Waals surface area contributed by atoms with Gasteiger partial charge in [0.05, 0.1) is 19.3 Å². The van der Waals surface area contributed by atoms with Crippen molar-refractivity contribution < 1.29 is 9.53 Å². The molecule has 5 nitrogen and oxygen atoms in total. The van der Waals surface area contributed by atoms with E-state index in [-0.39, 0.29) is 11.9 Å². The SMILES string of the molecule is Cn1nccc1C(=O)N1CCOCC1CBr. The number of aryl methyl sites for hydroxylation is 1. The standard InChI is InChI=1S/C10H14BrN3O2/c1-13-9(2-3-12-13)10(15)14-4-5-16-7-8(14)6-11/h2-3,8H,4-7H2,1H3. The van der Waals surface area contributed by atoms with E-state index in [2.05, 4.69) is 21.0 Å². The molecule has 0 bridgehead atoms. The molecule has 0 radical (unpaired) electrons. The summed E-state index contributed by atoms with van der Waals surface area (Å²) in [5, 5.41) is 4.74. The molecule has 1 aliphatic rings. The molecule has 6 heteroatoms. The highest BCUT2D eigenvalue weighted by atomic mass is 79.9. The molecule has 1 unspecified atom stereocenters. The number of aromatic nitrogens is 2. The number of hydrogen-bond acceptors (Lipinski definition) is 3. The van der Waals surface area contributed by atoms with Crippen LogP contribution in [0.25, 0.3) is 0 Å². The Bertz CT molecular complexity index is 380. The fourth-order valence-corrected chi connectivity index (χ4v) is 2.32. The summed E-state index contributed by atoms with van der Waals surface area (Å²) in [6.07, 6.45) is 1.64. The number of carbonyl (C=O) groups is 1. The number of hydrogen-bond donors (Lipinski definition) is 0. The Morgan fingerprint density at radius 2 is 2.56 bits per heavy atom. The van der Waals surface area contributed by atoms with Crippen molar-refractivity contribution in [2.24, 2.45) is 7.05 Å². The van der Waals surface area contributed by atoms with Crippen LogP contribution in [0.4, 0.5) is 0 Å². The summed E-state index contributed by atoms with van der Waals surface area (Å²) in [5.74, 6) is 0.0211. The van der Waals surface area contributed by atoms with Gasteiger partial charge in [-0.05, 0) is 6.07 Å². The molecule has 2 heterocycles. The second-order valence-electron chi connectivity index (χ2n) is 3.72. The van der Waals surface area contributed by atoms with E-state index in [1.807, 2.05) is 4.90 Å². The van der Waals surface area contributed by atoms with E-state index in [0.717, 1.165) is 5.33 Å². The smallest absolute Gasteiger partial charge is 0.272 e. The van der Waals surface area contributed by atoms with E-state index in [4.69, 9.17) is 4.74 Å². The first-order chi connectivity index (χ1) is 7.74. The zero-order valence-electron chi connectivity index (χ0n) is 9.10. The number of halogens is 1. The van der Waals surface area contributed by atoms with Gasteiger partial charge in [-0.2, -0.15) is 5.10 Å². The van der Waals surface area contributed by atoms with Crippen LogP contribution < -0.4 is 0 Å². The summed E-state index contributed by atoms with van der Waals surface area (Å²) in [4.78, 5) is 14.1. The quantitative estimate of drug-likeness (QED) is 0.751. The summed E-state index contributed by atoms with van der Waals surface area (Å²) in [6.45, 7) is 1.84. The Morgan fingerprint density at radius 1 is 1.75 bits per heavy atom. The van der Waals surface area contributed by atoms with Crippen molar-refractivity contribution in [2.45, 2.75) is 6.04 Å². The lowest BCUT2D eigenvalue weighted by atomic mass is 10.2. The maximum Gasteiger partial charge on any atom is 0.272 e. The van der Waals surface area contributed by atoms with Gasteiger partial charge in [-0.3, -0.25) is 9.48 Å². The average Bonchev–Trinajstić information content (AvgIpc) is 2.74. The number of morpholine rings is 1. The van der Waals surface area contributed by atoms with Gasteiger partial charge in [-0.25, -0.2) is 0 Å². The summed E-state index contributed by atoms with van der Waals surface area (Å²) in [5.41, 5.74) is 0.618. The van der Waals surface area contributed by atoms with E-state index in [9.17, 15) is 4.79 Å². The second kappa shape index (κ2) is 4.97. The van der Waals surface area contributed by atoms with E-state index in [1.165, 1.54) is 0 Å². The summed E-state index contributed by atoms with van der Waals surface area (Å²) in [6, 6.07) is 1.85. The van der Waals surface area contributed by atoms with Gasteiger partial charge in [0.25, 0.3) is 5.91 Å². The van der Waals surface area contributed by atoms with Gasteiger partial charge in [0, 0.05) is 25.1 Å². The van der Waals surface area contributed by atoms with Crippen molar-refractivity contribution in [3.05, 3.63) is 18.0 Å². The summed E-state index contributed by atoms with van der Waals surface area (Å²) < 4.78 is 6.95. The minimum atomic E-state index is 0.0211. The Balaban J connectivity index is 2.17. The minimum absolute atomic E-state index is 0.0211. The maximum absolute atomic E-state index is 12.2. The molecule has 1 fully saturated rings. The first-order valence-electron chi connectivity index (χ1n) is 5.16. The van der Waals surface area contributed by atoms with Crippen LogP contribution in [0, 0.1) is 0 Å². The molecule has 2 rings (SSSR count). The molecule has 1 aliphatic heterocycles. The topological polar surface area (TPSA) is 47.4 Å². The van der Waals surface area contributed by atoms with Crippen LogP contribution in [0.2, 0.25) is 0 Å². The predicted molar refractivity (Wildman–Crippen MR) is 62.6 cm³/mol. The Labute approximate surface area is 102 Å². The molecule has 0 aromatic carbocycles. The van der Waals surface area contributed by atoms with E-state index in [1.54, 1.807) is 24.0 Å². The van der Waals surface area contributed by atoms with Crippen LogP contribution in [-0.4, -0.2) is 51.7 Å². The lowest BCUT2D eigenvalue weighted by Crippen LogP contribution is -2.50. The zero-order chi connectivity index (χ0) is 11.5. The zero-order valence-corrected chi connectivity index (χ0v) is 10.7. The second-order valence-corrected chi connectivity index (χ2v) is 4.37. The Kier molecular flexibility index (Phi) is 3.60. The molecule has 1 atom stereocenters. The highest BCUT2D eigenvalue weighted by Gasteiger charge is 2.28. The molecule has 16 heavy (non-hydrogen) atoms. The third-order valence-corrected chi connectivity index (χ3v) is 3.45. The molecule has 88 valence electrons. The Morgan fingerprint density at radius 3 is 3.19 bits per heavy atom. The molecule has 1 saturated heterocycles. The highest BCUT2D eigenvalue weighted by Crippen LogP contribution is 2.13. The molecule has 0 aliphatic carbocycles. The summed E-state index contributed by atoms with van der Waals surface area (Å²) in [7, 11) is 1.77. The third-order valence-electron chi connectivity index (χ3n) is 2.71. The number of carbonyl (C=O) groups excluding carboxylic acids is 1. The van der Waals surface area contributed by atoms with Gasteiger partial charge in [0.2, 0.25) is 0 Å². The van der Waals surface area contributed by atoms with Crippen LogP contribution >= 0.6 is 15.9 Å². The molecule has 1 aromatic rings. The van der Waals surface area contributed by atoms with Gasteiger partial charge in [0.1, 0.15) is 5.69 Å². The lowest BCUT2D eigenvalue weighted by molar-refractivity contribution is 0.00465. The molecule has 1 aromatic heterocycles. The largest absolute Gasteiger partial charge is 0.377 e. The van der Waals surface area contributed by atoms with Crippen molar-refractivity contribution in [3.63, 3.8) is 0 Å². The van der Waals surface area contributed by atoms with Crippen molar-refractivity contribution in [1.29, 1.82) is 0 Å². The van der Waals surface area contributed by atoms with Gasteiger partial charge in [-0.15, -0.1) is 0 Å². The monoisotopic (exact) mass is 287 g/mol. The van der Waals surface area contributed by atoms with Crippen LogP contribution in [0.15, 0.2) is 12.3 Å². The normalized spacial score (nSPS) is 21.1. The third kappa shape index (κ3) is 2.12. The minimum Gasteiger partial charge on any atom is -0.377 e. The fraction of sp³-hybridized carbons (Fsp3) is 0.600. The molecular formula is C10H14BrN3O2. The number of alkyl halides is 1. The van der Waals surface area contributed by atoms with Gasteiger partial charge in [-0.1, -0.05) is 15.9 Å².